The van der Waals surface area contributed by atoms with Crippen LogP contribution in [-0.4, -0.2) is 19.6 Å². The zero-order valence-electron chi connectivity index (χ0n) is 16.1. The lowest BCUT2D eigenvalue weighted by molar-refractivity contribution is -0.934. The lowest BCUT2D eigenvalue weighted by atomic mass is 10.0. The van der Waals surface area contributed by atoms with Crippen LogP contribution in [0, 0.1) is 13.8 Å². The molecule has 4 rings (SSSR count). The Labute approximate surface area is 163 Å². The highest BCUT2D eigenvalue weighted by atomic mass is 32.1. The molecule has 0 unspecified atom stereocenters. The van der Waals surface area contributed by atoms with Crippen LogP contribution in [0.25, 0.3) is 11.0 Å². The maximum absolute atomic E-state index is 12.0. The smallest absolute Gasteiger partial charge is 0.336 e. The molecule has 1 saturated heterocycles. The van der Waals surface area contributed by atoms with Gasteiger partial charge >= 0.3 is 5.63 Å². The molecule has 0 bridgehead atoms. The van der Waals surface area contributed by atoms with Gasteiger partial charge in [-0.25, -0.2) is 4.79 Å². The van der Waals surface area contributed by atoms with Crippen LogP contribution in [0.5, 0.6) is 0 Å². The molecule has 1 aromatic carbocycles. The fourth-order valence-electron chi connectivity index (χ4n) is 4.21. The Morgan fingerprint density at radius 1 is 1.19 bits per heavy atom. The summed E-state index contributed by atoms with van der Waals surface area (Å²) in [6, 6.07) is 10.8. The summed E-state index contributed by atoms with van der Waals surface area (Å²) < 4.78 is 5.43. The molecule has 0 spiro atoms. The zero-order chi connectivity index (χ0) is 18.8. The molecular weight excluding hydrogens is 356 g/mol. The molecule has 5 heteroatoms. The van der Waals surface area contributed by atoms with Crippen molar-refractivity contribution >= 4 is 22.3 Å². The summed E-state index contributed by atoms with van der Waals surface area (Å²) in [5, 5.41) is 5.60. The summed E-state index contributed by atoms with van der Waals surface area (Å²) in [5.41, 5.74) is 3.91. The van der Waals surface area contributed by atoms with Crippen molar-refractivity contribution in [2.24, 2.45) is 0 Å². The van der Waals surface area contributed by atoms with Gasteiger partial charge in [-0.1, -0.05) is 6.07 Å². The first-order valence-electron chi connectivity index (χ1n) is 9.85. The van der Waals surface area contributed by atoms with E-state index in [9.17, 15) is 4.79 Å². The van der Waals surface area contributed by atoms with Crippen LogP contribution in [-0.2, 0) is 6.54 Å². The monoisotopic (exact) mass is 384 g/mol. The topological polar surface area (TPSA) is 51.3 Å². The van der Waals surface area contributed by atoms with E-state index < -0.39 is 0 Å². The molecule has 142 valence electrons. The Kier molecular flexibility index (Phi) is 5.43. The van der Waals surface area contributed by atoms with Gasteiger partial charge in [0.2, 0.25) is 0 Å². The van der Waals surface area contributed by atoms with Crippen molar-refractivity contribution in [3.05, 3.63) is 67.7 Å². The predicted octanol–water partition coefficient (Wildman–Crippen LogP) is 1.95. The lowest BCUT2D eigenvalue weighted by Gasteiger charge is -2.22. The molecule has 1 fully saturated rings. The molecule has 0 radical (unpaired) electrons. The maximum Gasteiger partial charge on any atom is 0.336 e. The average molecular weight is 385 g/mol. The van der Waals surface area contributed by atoms with Gasteiger partial charge in [-0.05, 0) is 48.6 Å². The number of aryl methyl sites for hydroxylation is 2. The van der Waals surface area contributed by atoms with Gasteiger partial charge in [0.1, 0.15) is 18.7 Å². The molecule has 1 aliphatic rings. The molecule has 2 aromatic heterocycles. The summed E-state index contributed by atoms with van der Waals surface area (Å²) >= 11 is 1.87. The number of rotatable bonds is 6. The van der Waals surface area contributed by atoms with E-state index in [2.05, 4.69) is 42.7 Å². The molecule has 0 amide bonds. The van der Waals surface area contributed by atoms with Gasteiger partial charge in [-0.3, -0.25) is 0 Å². The molecule has 0 saturated carbocycles. The van der Waals surface area contributed by atoms with Gasteiger partial charge in [-0.15, -0.1) is 11.3 Å². The number of likely N-dealkylation sites (tertiary alicyclic amines) is 1. The van der Waals surface area contributed by atoms with E-state index in [0.29, 0.717) is 11.6 Å². The highest BCUT2D eigenvalue weighted by Gasteiger charge is 2.29. The number of nitrogens with two attached hydrogens (primary N) is 1. The molecular formula is C22H28N2O2S+2. The maximum atomic E-state index is 12.0. The van der Waals surface area contributed by atoms with Gasteiger partial charge in [0.05, 0.1) is 18.0 Å². The van der Waals surface area contributed by atoms with E-state index in [-0.39, 0.29) is 5.63 Å². The third kappa shape index (κ3) is 4.00. The fourth-order valence-corrected chi connectivity index (χ4v) is 5.11. The summed E-state index contributed by atoms with van der Waals surface area (Å²) in [6.07, 6.45) is 2.67. The predicted molar refractivity (Wildman–Crippen MR) is 109 cm³/mol. The Balaban J connectivity index is 1.54. The zero-order valence-corrected chi connectivity index (χ0v) is 16.9. The highest BCUT2D eigenvalue weighted by Crippen LogP contribution is 2.21. The molecule has 0 aliphatic carbocycles. The summed E-state index contributed by atoms with van der Waals surface area (Å²) in [6.45, 7) is 8.55. The number of benzene rings is 1. The minimum Gasteiger partial charge on any atom is -0.423 e. The molecule has 27 heavy (non-hydrogen) atoms. The van der Waals surface area contributed by atoms with Crippen LogP contribution >= 0.6 is 11.3 Å². The standard InChI is InChI=1S/C22H26N2O2S/c1-15-10-18-17(12-22(25)26-20(18)11-16(15)2)13-23-14-19(21-6-5-9-27-21)24-7-3-4-8-24/h5-6,9-12,19,23H,3-4,7-8,13-14H2,1-2H3/p+2/t19-/m1/s1. The highest BCUT2D eigenvalue weighted by molar-refractivity contribution is 7.10. The second-order valence-corrected chi connectivity index (χ2v) is 8.66. The van der Waals surface area contributed by atoms with Crippen LogP contribution in [0.1, 0.15) is 40.5 Å². The van der Waals surface area contributed by atoms with Crippen molar-refractivity contribution in [1.82, 2.24) is 0 Å². The first-order valence-corrected chi connectivity index (χ1v) is 10.7. The fraction of sp³-hybridized carbons (Fsp3) is 0.409. The molecule has 3 aromatic rings. The summed E-state index contributed by atoms with van der Waals surface area (Å²) in [5.74, 6) is 0. The van der Waals surface area contributed by atoms with Crippen molar-refractivity contribution in [2.45, 2.75) is 39.3 Å². The van der Waals surface area contributed by atoms with Gasteiger partial charge in [0.15, 0.2) is 6.04 Å². The minimum atomic E-state index is -0.255. The normalized spacial score (nSPS) is 16.2. The van der Waals surface area contributed by atoms with Crippen molar-refractivity contribution in [3.63, 3.8) is 0 Å². The van der Waals surface area contributed by atoms with Crippen molar-refractivity contribution < 1.29 is 14.6 Å². The lowest BCUT2D eigenvalue weighted by Crippen LogP contribution is -3.13. The third-order valence-electron chi connectivity index (χ3n) is 5.84. The molecule has 1 atom stereocenters. The van der Waals surface area contributed by atoms with Crippen LogP contribution in [0.4, 0.5) is 0 Å². The van der Waals surface area contributed by atoms with Crippen molar-refractivity contribution in [2.75, 3.05) is 19.6 Å². The van der Waals surface area contributed by atoms with Gasteiger partial charge < -0.3 is 14.6 Å². The number of quaternary nitrogens is 2. The average Bonchev–Trinajstić information content (AvgIpc) is 3.34. The second kappa shape index (κ2) is 7.97. The first kappa shape index (κ1) is 18.4. The SMILES string of the molecule is Cc1cc2oc(=O)cc(C[NH2+]C[C@H](c3cccs3)[NH+]3CCCC3)c2cc1C. The van der Waals surface area contributed by atoms with Gasteiger partial charge in [-0.2, -0.15) is 0 Å². The van der Waals surface area contributed by atoms with Gasteiger partial charge in [0, 0.05) is 29.9 Å². The van der Waals surface area contributed by atoms with E-state index in [1.54, 1.807) is 11.0 Å². The second-order valence-electron chi connectivity index (χ2n) is 7.69. The Morgan fingerprint density at radius 2 is 1.96 bits per heavy atom. The number of nitrogens with one attached hydrogen (secondary N) is 1. The quantitative estimate of drug-likeness (QED) is 0.639. The Morgan fingerprint density at radius 3 is 2.70 bits per heavy atom. The number of hydrogen-bond donors (Lipinski definition) is 2. The van der Waals surface area contributed by atoms with E-state index in [1.165, 1.54) is 36.4 Å². The first-order chi connectivity index (χ1) is 13.1. The number of hydrogen-bond acceptors (Lipinski definition) is 3. The van der Waals surface area contributed by atoms with Gasteiger partial charge in [0.25, 0.3) is 0 Å². The Bertz CT molecular complexity index is 972. The van der Waals surface area contributed by atoms with E-state index in [4.69, 9.17) is 4.42 Å². The summed E-state index contributed by atoms with van der Waals surface area (Å²) in [4.78, 5) is 15.2. The van der Waals surface area contributed by atoms with Crippen LogP contribution in [0.15, 0.2) is 44.9 Å². The molecule has 1 aliphatic heterocycles. The summed E-state index contributed by atoms with van der Waals surface area (Å²) in [7, 11) is 0. The van der Waals surface area contributed by atoms with Crippen LogP contribution in [0.3, 0.4) is 0 Å². The van der Waals surface area contributed by atoms with E-state index >= 15 is 0 Å². The van der Waals surface area contributed by atoms with E-state index in [0.717, 1.165) is 29.6 Å². The molecule has 3 heterocycles. The van der Waals surface area contributed by atoms with Crippen LogP contribution in [0.2, 0.25) is 0 Å². The van der Waals surface area contributed by atoms with Crippen LogP contribution < -0.4 is 15.8 Å². The number of fused-ring (bicyclic) bond motifs is 1. The van der Waals surface area contributed by atoms with Crippen molar-refractivity contribution in [3.8, 4) is 0 Å². The minimum absolute atomic E-state index is 0.255. The Hall–Kier alpha value is -1.95. The molecule has 4 nitrogen and oxygen atoms in total. The largest absolute Gasteiger partial charge is 0.423 e. The van der Waals surface area contributed by atoms with E-state index in [1.807, 2.05) is 17.4 Å². The number of thiophene rings is 1. The van der Waals surface area contributed by atoms with Crippen molar-refractivity contribution in [1.29, 1.82) is 0 Å². The molecule has 3 N–H and O–H groups in total. The third-order valence-corrected chi connectivity index (χ3v) is 6.82.